The summed E-state index contributed by atoms with van der Waals surface area (Å²) in [4.78, 5) is 20.6. The van der Waals surface area contributed by atoms with Crippen molar-refractivity contribution < 1.29 is 9.18 Å². The summed E-state index contributed by atoms with van der Waals surface area (Å²) >= 11 is 0. The van der Waals surface area contributed by atoms with Gasteiger partial charge in [-0.15, -0.1) is 0 Å². The number of nitrogens with zero attached hydrogens (tertiary/aromatic N) is 2. The maximum atomic E-state index is 13.7. The standard InChI is InChI=1S/C18H20FN3O/c19-14-9-15(17-16(10-14)20-5-6-21-17)18(23)22-4-3-13-8-11-1-2-12(13)7-11/h5-6,9-13H,1-4,7-8H2,(H,22,23). The number of aromatic nitrogens is 2. The third kappa shape index (κ3) is 2.80. The molecule has 1 amide bonds. The van der Waals surface area contributed by atoms with Crippen LogP contribution in [0.5, 0.6) is 0 Å². The van der Waals surface area contributed by atoms with Crippen molar-refractivity contribution in [2.75, 3.05) is 6.54 Å². The molecule has 2 aliphatic rings. The van der Waals surface area contributed by atoms with Gasteiger partial charge >= 0.3 is 0 Å². The minimum absolute atomic E-state index is 0.265. The molecule has 120 valence electrons. The summed E-state index contributed by atoms with van der Waals surface area (Å²) < 4.78 is 13.7. The van der Waals surface area contributed by atoms with Gasteiger partial charge in [0.05, 0.1) is 11.1 Å². The Bertz CT molecular complexity index is 748. The highest BCUT2D eigenvalue weighted by Crippen LogP contribution is 2.49. The van der Waals surface area contributed by atoms with E-state index in [2.05, 4.69) is 15.3 Å². The van der Waals surface area contributed by atoms with Crippen molar-refractivity contribution in [1.29, 1.82) is 0 Å². The maximum absolute atomic E-state index is 13.7. The predicted octanol–water partition coefficient (Wildman–Crippen LogP) is 3.33. The first-order valence-corrected chi connectivity index (χ1v) is 8.39. The molecule has 3 atom stereocenters. The van der Waals surface area contributed by atoms with Crippen LogP contribution in [0, 0.1) is 23.6 Å². The highest BCUT2D eigenvalue weighted by molar-refractivity contribution is 6.04. The number of carbonyl (C=O) groups is 1. The molecule has 1 heterocycles. The van der Waals surface area contributed by atoms with Crippen LogP contribution < -0.4 is 5.32 Å². The van der Waals surface area contributed by atoms with Gasteiger partial charge in [-0.05, 0) is 49.5 Å². The lowest BCUT2D eigenvalue weighted by Gasteiger charge is -2.21. The summed E-state index contributed by atoms with van der Waals surface area (Å²) in [6, 6.07) is 2.54. The second-order valence-electron chi connectivity index (χ2n) is 6.86. The third-order valence-electron chi connectivity index (χ3n) is 5.47. The Morgan fingerprint density at radius 1 is 1.22 bits per heavy atom. The predicted molar refractivity (Wildman–Crippen MR) is 85.4 cm³/mol. The van der Waals surface area contributed by atoms with Crippen molar-refractivity contribution in [3.8, 4) is 0 Å². The number of hydrogen-bond donors (Lipinski definition) is 1. The van der Waals surface area contributed by atoms with Crippen molar-refractivity contribution in [3.63, 3.8) is 0 Å². The molecule has 1 N–H and O–H groups in total. The number of hydrogen-bond acceptors (Lipinski definition) is 3. The van der Waals surface area contributed by atoms with Gasteiger partial charge in [0.1, 0.15) is 11.3 Å². The largest absolute Gasteiger partial charge is 0.352 e. The zero-order valence-corrected chi connectivity index (χ0v) is 13.0. The van der Waals surface area contributed by atoms with Gasteiger partial charge in [-0.2, -0.15) is 0 Å². The summed E-state index contributed by atoms with van der Waals surface area (Å²) in [5.74, 6) is 1.80. The zero-order chi connectivity index (χ0) is 15.8. The first kappa shape index (κ1) is 14.5. The van der Waals surface area contributed by atoms with Crippen molar-refractivity contribution >= 4 is 16.9 Å². The monoisotopic (exact) mass is 313 g/mol. The summed E-state index contributed by atoms with van der Waals surface area (Å²) in [7, 11) is 0. The summed E-state index contributed by atoms with van der Waals surface area (Å²) in [5.41, 5.74) is 1.12. The van der Waals surface area contributed by atoms with Gasteiger partial charge < -0.3 is 5.32 Å². The average molecular weight is 313 g/mol. The van der Waals surface area contributed by atoms with Gasteiger partial charge in [-0.1, -0.05) is 6.42 Å². The first-order valence-electron chi connectivity index (χ1n) is 8.39. The lowest BCUT2D eigenvalue weighted by Crippen LogP contribution is -2.27. The SMILES string of the molecule is O=C(NCCC1CC2CCC1C2)c1cc(F)cc2nccnc12. The minimum atomic E-state index is -0.462. The molecule has 0 saturated heterocycles. The molecule has 2 aliphatic carbocycles. The first-order chi connectivity index (χ1) is 11.2. The topological polar surface area (TPSA) is 54.9 Å². The fourth-order valence-electron chi connectivity index (χ4n) is 4.41. The number of fused-ring (bicyclic) bond motifs is 3. The van der Waals surface area contributed by atoms with Crippen LogP contribution in [0.4, 0.5) is 4.39 Å². The summed E-state index contributed by atoms with van der Waals surface area (Å²) in [6.07, 6.45) is 9.48. The molecule has 23 heavy (non-hydrogen) atoms. The molecule has 4 nitrogen and oxygen atoms in total. The van der Waals surface area contributed by atoms with E-state index in [1.165, 1.54) is 50.2 Å². The fourth-order valence-corrected chi connectivity index (χ4v) is 4.41. The van der Waals surface area contributed by atoms with Crippen LogP contribution in [0.1, 0.15) is 42.5 Å². The van der Waals surface area contributed by atoms with Gasteiger partial charge in [0.15, 0.2) is 0 Å². The smallest absolute Gasteiger partial charge is 0.253 e. The number of nitrogens with one attached hydrogen (secondary N) is 1. The summed E-state index contributed by atoms with van der Waals surface area (Å²) in [6.45, 7) is 0.644. The Balaban J connectivity index is 1.43. The van der Waals surface area contributed by atoms with E-state index in [0.717, 1.165) is 24.2 Å². The van der Waals surface area contributed by atoms with Crippen LogP contribution in [0.15, 0.2) is 24.5 Å². The highest BCUT2D eigenvalue weighted by Gasteiger charge is 2.38. The van der Waals surface area contributed by atoms with E-state index < -0.39 is 5.82 Å². The van der Waals surface area contributed by atoms with E-state index >= 15 is 0 Å². The van der Waals surface area contributed by atoms with Gasteiger partial charge in [-0.25, -0.2) is 4.39 Å². The molecule has 0 spiro atoms. The van der Waals surface area contributed by atoms with E-state index in [1.54, 1.807) is 0 Å². The molecule has 3 unspecified atom stereocenters. The Kier molecular flexibility index (Phi) is 3.71. The Morgan fingerprint density at radius 3 is 2.87 bits per heavy atom. The lowest BCUT2D eigenvalue weighted by molar-refractivity contribution is 0.0950. The van der Waals surface area contributed by atoms with Crippen LogP contribution in [-0.4, -0.2) is 22.4 Å². The van der Waals surface area contributed by atoms with Gasteiger partial charge in [0, 0.05) is 25.0 Å². The van der Waals surface area contributed by atoms with E-state index in [-0.39, 0.29) is 11.5 Å². The maximum Gasteiger partial charge on any atom is 0.253 e. The third-order valence-corrected chi connectivity index (χ3v) is 5.47. The molecule has 2 bridgehead atoms. The lowest BCUT2D eigenvalue weighted by atomic mass is 9.86. The Hall–Kier alpha value is -2.04. The van der Waals surface area contributed by atoms with Crippen LogP contribution >= 0.6 is 0 Å². The van der Waals surface area contributed by atoms with Crippen LogP contribution in [0.25, 0.3) is 11.0 Å². The summed E-state index contributed by atoms with van der Waals surface area (Å²) in [5, 5.41) is 2.93. The molecule has 1 aromatic heterocycles. The molecular formula is C18H20FN3O. The molecule has 2 saturated carbocycles. The minimum Gasteiger partial charge on any atom is -0.352 e. The van der Waals surface area contributed by atoms with Crippen LogP contribution in [0.3, 0.4) is 0 Å². The number of carbonyl (C=O) groups excluding carboxylic acids is 1. The van der Waals surface area contributed by atoms with Crippen LogP contribution in [-0.2, 0) is 0 Å². The van der Waals surface area contributed by atoms with Gasteiger partial charge in [0.2, 0.25) is 0 Å². The normalized spacial score (nSPS) is 25.9. The van der Waals surface area contributed by atoms with Gasteiger partial charge in [-0.3, -0.25) is 14.8 Å². The van der Waals surface area contributed by atoms with Crippen molar-refractivity contribution in [2.45, 2.75) is 32.1 Å². The Labute approximate surface area is 134 Å². The fraction of sp³-hybridized carbons (Fsp3) is 0.500. The quantitative estimate of drug-likeness (QED) is 0.942. The number of rotatable bonds is 4. The zero-order valence-electron chi connectivity index (χ0n) is 13.0. The second kappa shape index (κ2) is 5.87. The van der Waals surface area contributed by atoms with Gasteiger partial charge in [0.25, 0.3) is 5.91 Å². The van der Waals surface area contributed by atoms with E-state index in [1.807, 2.05) is 0 Å². The van der Waals surface area contributed by atoms with Crippen LogP contribution in [0.2, 0.25) is 0 Å². The number of halogens is 1. The molecule has 0 radical (unpaired) electrons. The van der Waals surface area contributed by atoms with E-state index in [0.29, 0.717) is 17.6 Å². The van der Waals surface area contributed by atoms with E-state index in [4.69, 9.17) is 0 Å². The molecule has 0 aliphatic heterocycles. The van der Waals surface area contributed by atoms with Crippen molar-refractivity contribution in [3.05, 3.63) is 35.9 Å². The van der Waals surface area contributed by atoms with Crippen molar-refractivity contribution in [2.24, 2.45) is 17.8 Å². The molecule has 4 rings (SSSR count). The average Bonchev–Trinajstić information content (AvgIpc) is 3.16. The molecular weight excluding hydrogens is 293 g/mol. The molecule has 5 heteroatoms. The number of benzene rings is 1. The van der Waals surface area contributed by atoms with Crippen molar-refractivity contribution in [1.82, 2.24) is 15.3 Å². The Morgan fingerprint density at radius 2 is 2.09 bits per heavy atom. The molecule has 1 aromatic carbocycles. The molecule has 2 fully saturated rings. The van der Waals surface area contributed by atoms with E-state index in [9.17, 15) is 9.18 Å². The highest BCUT2D eigenvalue weighted by atomic mass is 19.1. The second-order valence-corrected chi connectivity index (χ2v) is 6.86. The molecule has 2 aromatic rings. The number of amides is 1.